The molecule has 4 aromatic rings. The van der Waals surface area contributed by atoms with Crippen LogP contribution in [0.4, 0.5) is 10.1 Å². The lowest BCUT2D eigenvalue weighted by atomic mass is 10.2. The molecular weight excluding hydrogens is 423 g/mol. The molecule has 1 N–H and O–H groups in total. The van der Waals surface area contributed by atoms with Crippen LogP contribution >= 0.6 is 22.9 Å². The van der Waals surface area contributed by atoms with Crippen molar-refractivity contribution in [2.75, 3.05) is 5.32 Å². The smallest absolute Gasteiger partial charge is 0.275 e. The maximum atomic E-state index is 13.7. The van der Waals surface area contributed by atoms with Gasteiger partial charge < -0.3 is 10.1 Å². The van der Waals surface area contributed by atoms with Crippen LogP contribution in [0, 0.1) is 5.82 Å². The van der Waals surface area contributed by atoms with Crippen LogP contribution in [0.15, 0.2) is 78.2 Å². The van der Waals surface area contributed by atoms with E-state index in [1.807, 2.05) is 12.1 Å². The lowest BCUT2D eigenvalue weighted by molar-refractivity contribution is 0.102. The average molecular weight is 439 g/mol. The Hall–Kier alpha value is -3.22. The zero-order valence-electron chi connectivity index (χ0n) is 15.6. The quantitative estimate of drug-likeness (QED) is 0.377. The molecule has 150 valence electrons. The number of carbonyl (C=O) groups excluding carboxylic acids is 1. The number of rotatable bonds is 6. The van der Waals surface area contributed by atoms with Gasteiger partial charge in [0.25, 0.3) is 5.91 Å². The highest BCUT2D eigenvalue weighted by Crippen LogP contribution is 2.27. The minimum absolute atomic E-state index is 0.150. The van der Waals surface area contributed by atoms with Gasteiger partial charge in [-0.15, -0.1) is 11.3 Å². The minimum atomic E-state index is -0.301. The van der Waals surface area contributed by atoms with Crippen molar-refractivity contribution in [3.63, 3.8) is 0 Å². The molecule has 0 spiro atoms. The Morgan fingerprint density at radius 3 is 2.63 bits per heavy atom. The summed E-state index contributed by atoms with van der Waals surface area (Å²) in [6.45, 7) is 0.150. The van der Waals surface area contributed by atoms with Crippen LogP contribution in [-0.2, 0) is 6.61 Å². The third-order valence-electron chi connectivity index (χ3n) is 4.27. The summed E-state index contributed by atoms with van der Waals surface area (Å²) < 4.78 is 19.3. The Bertz CT molecular complexity index is 1180. The highest BCUT2D eigenvalue weighted by molar-refractivity contribution is 7.13. The molecule has 0 aliphatic rings. The Balaban J connectivity index is 1.40. The number of thiazole rings is 1. The minimum Gasteiger partial charge on any atom is -0.489 e. The summed E-state index contributed by atoms with van der Waals surface area (Å²) in [5.74, 6) is 0.0302. The van der Waals surface area contributed by atoms with Gasteiger partial charge in [-0.05, 0) is 48.5 Å². The van der Waals surface area contributed by atoms with E-state index in [4.69, 9.17) is 16.3 Å². The average Bonchev–Trinajstić information content (AvgIpc) is 3.24. The second-order valence-corrected chi connectivity index (χ2v) is 7.70. The maximum absolute atomic E-state index is 13.7. The molecule has 0 aliphatic carbocycles. The predicted octanol–water partition coefficient (Wildman–Crippen LogP) is 6.43. The summed E-state index contributed by atoms with van der Waals surface area (Å²) in [7, 11) is 0. The molecule has 3 aromatic carbocycles. The molecule has 1 aromatic heterocycles. The number of carbonyl (C=O) groups is 1. The molecule has 0 radical (unpaired) electrons. The Morgan fingerprint density at radius 2 is 1.87 bits per heavy atom. The van der Waals surface area contributed by atoms with Crippen LogP contribution in [0.25, 0.3) is 10.6 Å². The highest BCUT2D eigenvalue weighted by Gasteiger charge is 2.12. The van der Waals surface area contributed by atoms with Crippen molar-refractivity contribution in [2.24, 2.45) is 0 Å². The zero-order chi connectivity index (χ0) is 20.9. The summed E-state index contributed by atoms with van der Waals surface area (Å²) in [4.78, 5) is 16.8. The first-order chi connectivity index (χ1) is 14.6. The predicted molar refractivity (Wildman–Crippen MR) is 118 cm³/mol. The second-order valence-electron chi connectivity index (χ2n) is 6.41. The lowest BCUT2D eigenvalue weighted by Gasteiger charge is -2.07. The topological polar surface area (TPSA) is 51.2 Å². The van der Waals surface area contributed by atoms with E-state index < -0.39 is 0 Å². The molecule has 30 heavy (non-hydrogen) atoms. The first-order valence-corrected chi connectivity index (χ1v) is 10.3. The number of nitrogens with one attached hydrogen (secondary N) is 1. The Labute approximate surface area is 181 Å². The monoisotopic (exact) mass is 438 g/mol. The lowest BCUT2D eigenvalue weighted by Crippen LogP contribution is -2.12. The van der Waals surface area contributed by atoms with Gasteiger partial charge in [-0.3, -0.25) is 4.79 Å². The fourth-order valence-corrected chi connectivity index (χ4v) is 3.74. The fraction of sp³-hybridized carbons (Fsp3) is 0.0435. The van der Waals surface area contributed by atoms with Gasteiger partial charge in [-0.25, -0.2) is 9.37 Å². The van der Waals surface area contributed by atoms with Gasteiger partial charge in [0.05, 0.1) is 0 Å². The highest BCUT2D eigenvalue weighted by atomic mass is 35.5. The van der Waals surface area contributed by atoms with Crippen LogP contribution in [0.2, 0.25) is 5.02 Å². The van der Waals surface area contributed by atoms with Gasteiger partial charge in [0, 0.05) is 27.2 Å². The molecule has 0 bridgehead atoms. The second kappa shape index (κ2) is 9.07. The first kappa shape index (κ1) is 20.1. The number of benzene rings is 3. The third kappa shape index (κ3) is 4.84. The SMILES string of the molecule is O=C(Nc1cccc(Cl)c1)c1csc(-c2ccc(OCc3ccccc3F)cc2)n1. The van der Waals surface area contributed by atoms with Gasteiger partial charge in [0.15, 0.2) is 0 Å². The molecular formula is C23H16ClFN2O2S. The number of aromatic nitrogens is 1. The Morgan fingerprint density at radius 1 is 1.07 bits per heavy atom. The summed E-state index contributed by atoms with van der Waals surface area (Å²) in [6, 6.07) is 20.7. The molecule has 1 amide bonds. The van der Waals surface area contributed by atoms with E-state index in [-0.39, 0.29) is 18.3 Å². The molecule has 0 atom stereocenters. The van der Waals surface area contributed by atoms with Crippen molar-refractivity contribution < 1.29 is 13.9 Å². The van der Waals surface area contributed by atoms with Gasteiger partial charge in [0.2, 0.25) is 0 Å². The summed E-state index contributed by atoms with van der Waals surface area (Å²) in [6.07, 6.45) is 0. The van der Waals surface area contributed by atoms with Crippen molar-refractivity contribution in [3.8, 4) is 16.3 Å². The van der Waals surface area contributed by atoms with Crippen molar-refractivity contribution in [1.82, 2.24) is 4.98 Å². The first-order valence-electron chi connectivity index (χ1n) is 9.07. The standard InChI is InChI=1S/C23H16ClFN2O2S/c24-17-5-3-6-18(12-17)26-22(28)21-14-30-23(27-21)15-8-10-19(11-9-15)29-13-16-4-1-2-7-20(16)25/h1-12,14H,13H2,(H,26,28). The van der Waals surface area contributed by atoms with Gasteiger partial charge in [-0.1, -0.05) is 35.9 Å². The third-order valence-corrected chi connectivity index (χ3v) is 5.40. The van der Waals surface area contributed by atoms with E-state index in [1.54, 1.807) is 60.0 Å². The van der Waals surface area contributed by atoms with E-state index in [0.717, 1.165) is 5.56 Å². The van der Waals surface area contributed by atoms with E-state index in [1.165, 1.54) is 17.4 Å². The molecule has 4 rings (SSSR count). The van der Waals surface area contributed by atoms with Crippen molar-refractivity contribution >= 4 is 34.5 Å². The van der Waals surface area contributed by atoms with Crippen molar-refractivity contribution in [1.29, 1.82) is 0 Å². The van der Waals surface area contributed by atoms with E-state index in [9.17, 15) is 9.18 Å². The summed E-state index contributed by atoms with van der Waals surface area (Å²) in [5.41, 5.74) is 2.30. The molecule has 4 nitrogen and oxygen atoms in total. The van der Waals surface area contributed by atoms with Gasteiger partial charge in [-0.2, -0.15) is 0 Å². The molecule has 7 heteroatoms. The largest absolute Gasteiger partial charge is 0.489 e. The molecule has 0 aliphatic heterocycles. The van der Waals surface area contributed by atoms with Crippen LogP contribution < -0.4 is 10.1 Å². The number of hydrogen-bond donors (Lipinski definition) is 1. The number of halogens is 2. The summed E-state index contributed by atoms with van der Waals surface area (Å²) >= 11 is 7.32. The van der Waals surface area contributed by atoms with Crippen molar-refractivity contribution in [3.05, 3.63) is 100 Å². The number of ether oxygens (including phenoxy) is 1. The molecule has 0 fully saturated rings. The molecule has 1 heterocycles. The van der Waals surface area contributed by atoms with Gasteiger partial charge >= 0.3 is 0 Å². The number of amides is 1. The van der Waals surface area contributed by atoms with Crippen molar-refractivity contribution in [2.45, 2.75) is 6.61 Å². The van der Waals surface area contributed by atoms with E-state index in [2.05, 4.69) is 10.3 Å². The fourth-order valence-electron chi connectivity index (χ4n) is 2.74. The number of nitrogens with zero attached hydrogens (tertiary/aromatic N) is 1. The van der Waals surface area contributed by atoms with Crippen LogP contribution in [-0.4, -0.2) is 10.9 Å². The molecule has 0 saturated heterocycles. The summed E-state index contributed by atoms with van der Waals surface area (Å²) in [5, 5.41) is 5.75. The number of anilines is 1. The van der Waals surface area contributed by atoms with E-state index in [0.29, 0.717) is 32.7 Å². The normalized spacial score (nSPS) is 10.6. The van der Waals surface area contributed by atoms with Crippen LogP contribution in [0.5, 0.6) is 5.75 Å². The van der Waals surface area contributed by atoms with Crippen LogP contribution in [0.1, 0.15) is 16.1 Å². The Kier molecular flexibility index (Phi) is 6.07. The number of hydrogen-bond acceptors (Lipinski definition) is 4. The van der Waals surface area contributed by atoms with Gasteiger partial charge in [0.1, 0.15) is 28.9 Å². The molecule has 0 saturated carbocycles. The molecule has 0 unspecified atom stereocenters. The maximum Gasteiger partial charge on any atom is 0.275 e. The zero-order valence-corrected chi connectivity index (χ0v) is 17.2. The van der Waals surface area contributed by atoms with E-state index >= 15 is 0 Å². The van der Waals surface area contributed by atoms with Crippen LogP contribution in [0.3, 0.4) is 0 Å².